The molecular formula is C26H27N3O4. The lowest BCUT2D eigenvalue weighted by atomic mass is 10.1. The highest BCUT2D eigenvalue weighted by atomic mass is 16.5. The molecule has 33 heavy (non-hydrogen) atoms. The maximum absolute atomic E-state index is 13.0. The smallest absolute Gasteiger partial charge is 0.254 e. The van der Waals surface area contributed by atoms with E-state index in [0.717, 1.165) is 16.9 Å². The Morgan fingerprint density at radius 3 is 2.36 bits per heavy atom. The molecular weight excluding hydrogens is 418 g/mol. The van der Waals surface area contributed by atoms with Crippen molar-refractivity contribution in [1.82, 2.24) is 14.8 Å². The highest BCUT2D eigenvalue weighted by molar-refractivity contribution is 5.94. The standard InChI is InChI=1S/C26H27N3O4/c1-32-23-9-5-8-21(16-23)17-25(30)28-12-14-29(15-13-28)26(31)22-10-11-27-24(18-22)33-19-20-6-3-2-4-7-20/h2-11,16,18H,12-15,17,19H2,1H3. The third-order valence-corrected chi connectivity index (χ3v) is 5.62. The normalized spacial score (nSPS) is 13.5. The number of benzene rings is 2. The van der Waals surface area contributed by atoms with Gasteiger partial charge in [-0.25, -0.2) is 4.98 Å². The maximum atomic E-state index is 13.0. The van der Waals surface area contributed by atoms with Crippen molar-refractivity contribution < 1.29 is 19.1 Å². The molecule has 0 atom stereocenters. The first-order chi connectivity index (χ1) is 16.1. The maximum Gasteiger partial charge on any atom is 0.254 e. The van der Waals surface area contributed by atoms with Gasteiger partial charge in [0.1, 0.15) is 12.4 Å². The number of carbonyl (C=O) groups is 2. The third kappa shape index (κ3) is 5.88. The van der Waals surface area contributed by atoms with Crippen molar-refractivity contribution >= 4 is 11.8 Å². The fraction of sp³-hybridized carbons (Fsp3) is 0.269. The zero-order valence-corrected chi connectivity index (χ0v) is 18.6. The lowest BCUT2D eigenvalue weighted by Crippen LogP contribution is -2.51. The lowest BCUT2D eigenvalue weighted by Gasteiger charge is -2.35. The number of pyridine rings is 1. The Kier molecular flexibility index (Phi) is 7.19. The molecule has 7 heteroatoms. The highest BCUT2D eigenvalue weighted by Crippen LogP contribution is 2.17. The Morgan fingerprint density at radius 2 is 1.61 bits per heavy atom. The SMILES string of the molecule is COc1cccc(CC(=O)N2CCN(C(=O)c3ccnc(OCc4ccccc4)c3)CC2)c1. The topological polar surface area (TPSA) is 72.0 Å². The zero-order chi connectivity index (χ0) is 23.0. The molecule has 4 rings (SSSR count). The number of nitrogens with zero attached hydrogens (tertiary/aromatic N) is 3. The predicted molar refractivity (Wildman–Crippen MR) is 124 cm³/mol. The van der Waals surface area contributed by atoms with Crippen LogP contribution in [0.15, 0.2) is 72.9 Å². The number of amides is 2. The summed E-state index contributed by atoms with van der Waals surface area (Å²) in [6.45, 7) is 2.39. The molecule has 1 aromatic heterocycles. The van der Waals surface area contributed by atoms with E-state index in [-0.39, 0.29) is 11.8 Å². The van der Waals surface area contributed by atoms with E-state index in [1.807, 2.05) is 59.5 Å². The number of hydrogen-bond donors (Lipinski definition) is 0. The van der Waals surface area contributed by atoms with Gasteiger partial charge in [-0.05, 0) is 29.3 Å². The molecule has 7 nitrogen and oxygen atoms in total. The van der Waals surface area contributed by atoms with Crippen molar-refractivity contribution in [2.75, 3.05) is 33.3 Å². The number of rotatable bonds is 7. The summed E-state index contributed by atoms with van der Waals surface area (Å²) in [6, 6.07) is 20.7. The Hall–Kier alpha value is -3.87. The van der Waals surface area contributed by atoms with Gasteiger partial charge in [-0.1, -0.05) is 42.5 Å². The zero-order valence-electron chi connectivity index (χ0n) is 18.6. The minimum atomic E-state index is -0.0816. The van der Waals surface area contributed by atoms with Crippen molar-refractivity contribution in [3.05, 3.63) is 89.6 Å². The van der Waals surface area contributed by atoms with Gasteiger partial charge in [-0.15, -0.1) is 0 Å². The van der Waals surface area contributed by atoms with Gasteiger partial charge in [0.2, 0.25) is 11.8 Å². The molecule has 0 bridgehead atoms. The number of carbonyl (C=O) groups excluding carboxylic acids is 2. The summed E-state index contributed by atoms with van der Waals surface area (Å²) in [4.78, 5) is 33.5. The van der Waals surface area contributed by atoms with Gasteiger partial charge in [0.05, 0.1) is 13.5 Å². The summed E-state index contributed by atoms with van der Waals surface area (Å²) in [5, 5.41) is 0. The van der Waals surface area contributed by atoms with Gasteiger partial charge in [-0.2, -0.15) is 0 Å². The van der Waals surface area contributed by atoms with Gasteiger partial charge in [0.15, 0.2) is 0 Å². The molecule has 1 aliphatic rings. The molecule has 0 unspecified atom stereocenters. The summed E-state index contributed by atoms with van der Waals surface area (Å²) in [5.41, 5.74) is 2.48. The number of hydrogen-bond acceptors (Lipinski definition) is 5. The van der Waals surface area contributed by atoms with Crippen LogP contribution in [0.2, 0.25) is 0 Å². The summed E-state index contributed by atoms with van der Waals surface area (Å²) < 4.78 is 11.0. The molecule has 0 saturated carbocycles. The first kappa shape index (κ1) is 22.3. The van der Waals surface area contributed by atoms with Crippen molar-refractivity contribution in [1.29, 1.82) is 0 Å². The lowest BCUT2D eigenvalue weighted by molar-refractivity contribution is -0.131. The second-order valence-electron chi connectivity index (χ2n) is 7.86. The van der Waals surface area contributed by atoms with E-state index in [0.29, 0.717) is 50.7 Å². The fourth-order valence-corrected chi connectivity index (χ4v) is 3.76. The van der Waals surface area contributed by atoms with Crippen LogP contribution in [-0.2, 0) is 17.8 Å². The first-order valence-electron chi connectivity index (χ1n) is 10.9. The number of piperazine rings is 1. The molecule has 0 N–H and O–H groups in total. The summed E-state index contributed by atoms with van der Waals surface area (Å²) in [6.07, 6.45) is 1.90. The molecule has 2 heterocycles. The average molecular weight is 446 g/mol. The largest absolute Gasteiger partial charge is 0.497 e. The van der Waals surface area contributed by atoms with E-state index in [1.54, 1.807) is 30.3 Å². The van der Waals surface area contributed by atoms with Crippen LogP contribution in [0.5, 0.6) is 11.6 Å². The molecule has 1 aliphatic heterocycles. The minimum Gasteiger partial charge on any atom is -0.497 e. The van der Waals surface area contributed by atoms with Gasteiger partial charge in [-0.3, -0.25) is 9.59 Å². The summed E-state index contributed by atoms with van der Waals surface area (Å²) >= 11 is 0. The fourth-order valence-electron chi connectivity index (χ4n) is 3.76. The molecule has 0 spiro atoms. The molecule has 170 valence electrons. The van der Waals surface area contributed by atoms with Crippen LogP contribution in [0.1, 0.15) is 21.5 Å². The second kappa shape index (κ2) is 10.6. The van der Waals surface area contributed by atoms with Gasteiger partial charge >= 0.3 is 0 Å². The second-order valence-corrected chi connectivity index (χ2v) is 7.86. The molecule has 0 radical (unpaired) electrons. The van der Waals surface area contributed by atoms with E-state index in [9.17, 15) is 9.59 Å². The van der Waals surface area contributed by atoms with E-state index in [1.165, 1.54) is 0 Å². The number of aromatic nitrogens is 1. The Morgan fingerprint density at radius 1 is 0.879 bits per heavy atom. The van der Waals surface area contributed by atoms with Crippen molar-refractivity contribution in [3.63, 3.8) is 0 Å². The van der Waals surface area contributed by atoms with Crippen LogP contribution >= 0.6 is 0 Å². The van der Waals surface area contributed by atoms with Crippen LogP contribution in [0, 0.1) is 0 Å². The van der Waals surface area contributed by atoms with Crippen LogP contribution in [0.3, 0.4) is 0 Å². The van der Waals surface area contributed by atoms with Crippen LogP contribution in [-0.4, -0.2) is 59.9 Å². The van der Waals surface area contributed by atoms with Gasteiger partial charge < -0.3 is 19.3 Å². The van der Waals surface area contributed by atoms with Crippen molar-refractivity contribution in [2.45, 2.75) is 13.0 Å². The average Bonchev–Trinajstić information content (AvgIpc) is 2.88. The summed E-state index contributed by atoms with van der Waals surface area (Å²) in [7, 11) is 1.61. The van der Waals surface area contributed by atoms with Gasteiger partial charge in [0.25, 0.3) is 5.91 Å². The van der Waals surface area contributed by atoms with Crippen molar-refractivity contribution in [3.8, 4) is 11.6 Å². The van der Waals surface area contributed by atoms with E-state index in [2.05, 4.69) is 4.98 Å². The quantitative estimate of drug-likeness (QED) is 0.559. The molecule has 1 fully saturated rings. The monoisotopic (exact) mass is 445 g/mol. The van der Waals surface area contributed by atoms with Gasteiger partial charge in [0, 0.05) is 44.0 Å². The third-order valence-electron chi connectivity index (χ3n) is 5.62. The molecule has 2 aromatic carbocycles. The molecule has 0 aliphatic carbocycles. The minimum absolute atomic E-state index is 0.0517. The predicted octanol–water partition coefficient (Wildman–Crippen LogP) is 3.20. The first-order valence-corrected chi connectivity index (χ1v) is 10.9. The Balaban J connectivity index is 1.30. The molecule has 1 saturated heterocycles. The van der Waals surface area contributed by atoms with E-state index < -0.39 is 0 Å². The summed E-state index contributed by atoms with van der Waals surface area (Å²) in [5.74, 6) is 1.12. The van der Waals surface area contributed by atoms with Crippen LogP contribution in [0.4, 0.5) is 0 Å². The van der Waals surface area contributed by atoms with Crippen molar-refractivity contribution in [2.24, 2.45) is 0 Å². The van der Waals surface area contributed by atoms with Crippen LogP contribution in [0.25, 0.3) is 0 Å². The number of ether oxygens (including phenoxy) is 2. The highest BCUT2D eigenvalue weighted by Gasteiger charge is 2.25. The Bertz CT molecular complexity index is 1100. The van der Waals surface area contributed by atoms with Crippen LogP contribution < -0.4 is 9.47 Å². The Labute approximate surface area is 193 Å². The van der Waals surface area contributed by atoms with E-state index in [4.69, 9.17) is 9.47 Å². The van der Waals surface area contributed by atoms with E-state index >= 15 is 0 Å². The molecule has 2 amide bonds. The molecule has 3 aromatic rings. The number of methoxy groups -OCH3 is 1.